The van der Waals surface area contributed by atoms with Crippen LogP contribution >= 0.6 is 11.8 Å². The van der Waals surface area contributed by atoms with Gasteiger partial charge in [0.1, 0.15) is 0 Å². The van der Waals surface area contributed by atoms with Crippen molar-refractivity contribution in [3.8, 4) is 0 Å². The zero-order valence-electron chi connectivity index (χ0n) is 18.9. The first-order valence-electron chi connectivity index (χ1n) is 10.9. The molecule has 1 aliphatic heterocycles. The maximum absolute atomic E-state index is 12.5. The Hall–Kier alpha value is -2.61. The van der Waals surface area contributed by atoms with Gasteiger partial charge in [-0.25, -0.2) is 0 Å². The van der Waals surface area contributed by atoms with Gasteiger partial charge in [0.05, 0.1) is 13.1 Å². The fraction of sp³-hybridized carbons (Fsp3) is 0.360. The van der Waals surface area contributed by atoms with E-state index in [1.165, 1.54) is 16.0 Å². The van der Waals surface area contributed by atoms with Gasteiger partial charge in [0, 0.05) is 48.2 Å². The van der Waals surface area contributed by atoms with E-state index in [1.54, 1.807) is 17.8 Å². The summed E-state index contributed by atoms with van der Waals surface area (Å²) in [6.07, 6.45) is 1.67. The molecule has 1 saturated heterocycles. The van der Waals surface area contributed by atoms with Gasteiger partial charge in [0.15, 0.2) is 0 Å². The lowest BCUT2D eigenvalue weighted by atomic mass is 10.2. The van der Waals surface area contributed by atoms with E-state index in [9.17, 15) is 9.59 Å². The van der Waals surface area contributed by atoms with Crippen LogP contribution < -0.4 is 10.6 Å². The first kappa shape index (κ1) is 24.0. The van der Waals surface area contributed by atoms with Gasteiger partial charge in [-0.2, -0.15) is 0 Å². The Balaban J connectivity index is 1.42. The molecule has 2 N–H and O–H groups in total. The zero-order chi connectivity index (χ0) is 22.9. The summed E-state index contributed by atoms with van der Waals surface area (Å²) in [5, 5.41) is 5.79. The molecule has 0 saturated carbocycles. The number of piperazine rings is 1. The monoisotopic (exact) mass is 452 g/mol. The van der Waals surface area contributed by atoms with E-state index < -0.39 is 0 Å². The van der Waals surface area contributed by atoms with Crippen LogP contribution in [0.5, 0.6) is 0 Å². The highest BCUT2D eigenvalue weighted by molar-refractivity contribution is 7.99. The van der Waals surface area contributed by atoms with Crippen molar-refractivity contribution in [2.75, 3.05) is 51.1 Å². The van der Waals surface area contributed by atoms with Crippen molar-refractivity contribution in [2.24, 2.45) is 0 Å². The topological polar surface area (TPSA) is 64.7 Å². The molecule has 0 unspecified atom stereocenters. The van der Waals surface area contributed by atoms with Gasteiger partial charge >= 0.3 is 0 Å². The minimum absolute atomic E-state index is 0.00950. The van der Waals surface area contributed by atoms with Crippen LogP contribution in [-0.2, 0) is 9.59 Å². The smallest absolute Gasteiger partial charge is 0.238 e. The minimum Gasteiger partial charge on any atom is -0.352 e. The quantitative estimate of drug-likeness (QED) is 0.572. The van der Waals surface area contributed by atoms with E-state index in [4.69, 9.17) is 0 Å². The van der Waals surface area contributed by atoms with Crippen molar-refractivity contribution in [2.45, 2.75) is 23.6 Å². The van der Waals surface area contributed by atoms with E-state index in [-0.39, 0.29) is 11.8 Å². The van der Waals surface area contributed by atoms with E-state index >= 15 is 0 Å². The summed E-state index contributed by atoms with van der Waals surface area (Å²) < 4.78 is 0. The molecule has 3 rings (SSSR count). The van der Waals surface area contributed by atoms with E-state index in [0.29, 0.717) is 19.6 Å². The summed E-state index contributed by atoms with van der Waals surface area (Å²) in [5.74, 6) is -0.00706. The Bertz CT molecular complexity index is 937. The zero-order valence-corrected chi connectivity index (χ0v) is 19.7. The largest absolute Gasteiger partial charge is 0.352 e. The molecular formula is C25H32N4O2S. The predicted octanol–water partition coefficient (Wildman–Crippen LogP) is 3.31. The Morgan fingerprint density at radius 2 is 1.59 bits per heavy atom. The van der Waals surface area contributed by atoms with Gasteiger partial charge in [-0.3, -0.25) is 19.4 Å². The van der Waals surface area contributed by atoms with Crippen LogP contribution in [0.3, 0.4) is 0 Å². The molecule has 0 radical (unpaired) electrons. The molecule has 0 atom stereocenters. The Morgan fingerprint density at radius 3 is 2.22 bits per heavy atom. The number of rotatable bonds is 9. The normalized spacial score (nSPS) is 14.7. The maximum atomic E-state index is 12.5. The van der Waals surface area contributed by atoms with Crippen LogP contribution in [0, 0.1) is 13.8 Å². The number of nitrogens with one attached hydrogen (secondary N) is 2. The lowest BCUT2D eigenvalue weighted by molar-refractivity contribution is -0.123. The van der Waals surface area contributed by atoms with Gasteiger partial charge in [-0.15, -0.1) is 6.58 Å². The first-order valence-corrected chi connectivity index (χ1v) is 11.7. The fourth-order valence-electron chi connectivity index (χ4n) is 3.50. The van der Waals surface area contributed by atoms with Crippen molar-refractivity contribution >= 4 is 29.3 Å². The van der Waals surface area contributed by atoms with E-state index in [1.807, 2.05) is 24.3 Å². The SMILES string of the molecule is C=CCNC(=O)CN1CCN(CC(=O)Nc2ccc(Sc3cc(C)ccc3C)cc2)CC1. The van der Waals surface area contributed by atoms with Gasteiger partial charge in [0.25, 0.3) is 0 Å². The van der Waals surface area contributed by atoms with Crippen LogP contribution in [0.4, 0.5) is 5.69 Å². The summed E-state index contributed by atoms with van der Waals surface area (Å²) >= 11 is 1.73. The Labute approximate surface area is 195 Å². The van der Waals surface area contributed by atoms with Crippen LogP contribution in [0.25, 0.3) is 0 Å². The standard InChI is InChI=1S/C25H32N4O2S/c1-4-11-26-24(30)17-28-12-14-29(15-13-28)18-25(31)27-21-7-9-22(10-8-21)32-23-16-19(2)5-6-20(23)3/h4-10,16H,1,11-15,17-18H2,2-3H3,(H,26,30)(H,27,31). The molecule has 1 heterocycles. The van der Waals surface area contributed by atoms with Crippen molar-refractivity contribution in [1.29, 1.82) is 0 Å². The summed E-state index contributed by atoms with van der Waals surface area (Å²) in [5.41, 5.74) is 3.31. The number of hydrogen-bond acceptors (Lipinski definition) is 5. The first-order chi connectivity index (χ1) is 15.4. The van der Waals surface area contributed by atoms with Gasteiger partial charge in [0.2, 0.25) is 11.8 Å². The average Bonchev–Trinajstić information content (AvgIpc) is 2.77. The minimum atomic E-state index is -0.0166. The van der Waals surface area contributed by atoms with Gasteiger partial charge in [-0.05, 0) is 55.3 Å². The summed E-state index contributed by atoms with van der Waals surface area (Å²) in [7, 11) is 0. The van der Waals surface area contributed by atoms with Crippen molar-refractivity contribution in [3.63, 3.8) is 0 Å². The van der Waals surface area contributed by atoms with E-state index in [0.717, 1.165) is 36.8 Å². The van der Waals surface area contributed by atoms with Crippen molar-refractivity contribution in [1.82, 2.24) is 15.1 Å². The predicted molar refractivity (Wildman–Crippen MR) is 131 cm³/mol. The van der Waals surface area contributed by atoms with Crippen LogP contribution in [-0.4, -0.2) is 67.4 Å². The third-order valence-corrected chi connectivity index (χ3v) is 6.52. The van der Waals surface area contributed by atoms with Gasteiger partial charge in [-0.1, -0.05) is 30.0 Å². The number of carbonyl (C=O) groups excluding carboxylic acids is 2. The summed E-state index contributed by atoms with van der Waals surface area (Å²) in [6.45, 7) is 12.2. The van der Waals surface area contributed by atoms with Crippen LogP contribution in [0.1, 0.15) is 11.1 Å². The fourth-order valence-corrected chi connectivity index (χ4v) is 4.50. The summed E-state index contributed by atoms with van der Waals surface area (Å²) in [6, 6.07) is 14.4. The van der Waals surface area contributed by atoms with Crippen LogP contribution in [0.2, 0.25) is 0 Å². The van der Waals surface area contributed by atoms with Crippen molar-refractivity contribution in [3.05, 3.63) is 66.2 Å². The Morgan fingerprint density at radius 1 is 0.969 bits per heavy atom. The second-order valence-corrected chi connectivity index (χ2v) is 9.20. The second kappa shape index (κ2) is 11.9. The highest BCUT2D eigenvalue weighted by Crippen LogP contribution is 2.31. The maximum Gasteiger partial charge on any atom is 0.238 e. The molecule has 2 aromatic carbocycles. The molecule has 170 valence electrons. The molecule has 0 bridgehead atoms. The summed E-state index contributed by atoms with van der Waals surface area (Å²) in [4.78, 5) is 30.9. The molecule has 1 aliphatic rings. The molecule has 1 fully saturated rings. The highest BCUT2D eigenvalue weighted by Gasteiger charge is 2.20. The number of carbonyl (C=O) groups is 2. The third kappa shape index (κ3) is 7.51. The number of nitrogens with zero attached hydrogens (tertiary/aromatic N) is 2. The molecule has 0 aliphatic carbocycles. The van der Waals surface area contributed by atoms with Crippen molar-refractivity contribution < 1.29 is 9.59 Å². The molecular weight excluding hydrogens is 420 g/mol. The lowest BCUT2D eigenvalue weighted by Gasteiger charge is -2.33. The third-order valence-electron chi connectivity index (χ3n) is 5.35. The number of benzene rings is 2. The molecule has 2 aromatic rings. The molecule has 0 spiro atoms. The molecule has 7 heteroatoms. The van der Waals surface area contributed by atoms with E-state index in [2.05, 4.69) is 59.1 Å². The molecule has 32 heavy (non-hydrogen) atoms. The number of aryl methyl sites for hydroxylation is 2. The van der Waals surface area contributed by atoms with Gasteiger partial charge < -0.3 is 10.6 Å². The lowest BCUT2D eigenvalue weighted by Crippen LogP contribution is -2.51. The number of anilines is 1. The number of amides is 2. The molecule has 2 amide bonds. The number of hydrogen-bond donors (Lipinski definition) is 2. The average molecular weight is 453 g/mol. The molecule has 6 nitrogen and oxygen atoms in total. The van der Waals surface area contributed by atoms with Crippen LogP contribution in [0.15, 0.2) is 64.9 Å². The Kier molecular flexibility index (Phi) is 8.90. The second-order valence-electron chi connectivity index (χ2n) is 8.09. The molecule has 0 aromatic heterocycles. The highest BCUT2D eigenvalue weighted by atomic mass is 32.2.